The zero-order valence-corrected chi connectivity index (χ0v) is 17.9. The first-order valence-electron chi connectivity index (χ1n) is 9.72. The maximum Gasteiger partial charge on any atom is 0.224 e. The second-order valence-corrected chi connectivity index (χ2v) is 8.48. The van der Waals surface area contributed by atoms with E-state index in [9.17, 15) is 4.79 Å². The number of hydrogen-bond donors (Lipinski definition) is 1. The third-order valence-corrected chi connectivity index (χ3v) is 5.56. The van der Waals surface area contributed by atoms with Crippen molar-refractivity contribution in [2.75, 3.05) is 36.4 Å². The molecule has 0 unspecified atom stereocenters. The van der Waals surface area contributed by atoms with Crippen molar-refractivity contribution in [1.29, 1.82) is 0 Å². The highest BCUT2D eigenvalue weighted by Crippen LogP contribution is 2.30. The predicted octanol–water partition coefficient (Wildman–Crippen LogP) is 5.30. The van der Waals surface area contributed by atoms with Gasteiger partial charge in [-0.1, -0.05) is 55.2 Å². The quantitative estimate of drug-likeness (QED) is 0.689. The number of hydrogen-bond acceptors (Lipinski definition) is 3. The van der Waals surface area contributed by atoms with Crippen molar-refractivity contribution in [2.45, 2.75) is 26.8 Å². The lowest BCUT2D eigenvalue weighted by molar-refractivity contribution is -0.116. The Morgan fingerprint density at radius 2 is 1.75 bits per heavy atom. The number of halogens is 2. The van der Waals surface area contributed by atoms with Gasteiger partial charge < -0.3 is 10.2 Å². The van der Waals surface area contributed by atoms with Crippen LogP contribution in [0.2, 0.25) is 10.0 Å². The highest BCUT2D eigenvalue weighted by atomic mass is 35.5. The van der Waals surface area contributed by atoms with Gasteiger partial charge in [-0.3, -0.25) is 9.69 Å². The van der Waals surface area contributed by atoms with Crippen LogP contribution in [0.4, 0.5) is 11.4 Å². The third-order valence-electron chi connectivity index (χ3n) is 4.89. The van der Waals surface area contributed by atoms with Crippen molar-refractivity contribution in [2.24, 2.45) is 5.92 Å². The molecule has 0 aliphatic carbocycles. The molecule has 3 rings (SSSR count). The molecule has 0 aromatic heterocycles. The topological polar surface area (TPSA) is 35.6 Å². The Morgan fingerprint density at radius 3 is 2.39 bits per heavy atom. The Balaban J connectivity index is 1.57. The van der Waals surface area contributed by atoms with Gasteiger partial charge in [0.05, 0.1) is 10.7 Å². The maximum absolute atomic E-state index is 12.0. The molecule has 4 nitrogen and oxygen atoms in total. The zero-order valence-electron chi connectivity index (χ0n) is 16.4. The first-order valence-corrected chi connectivity index (χ1v) is 10.5. The molecule has 6 heteroatoms. The van der Waals surface area contributed by atoms with Crippen LogP contribution in [0, 0.1) is 5.92 Å². The van der Waals surface area contributed by atoms with E-state index >= 15 is 0 Å². The van der Waals surface area contributed by atoms with Crippen molar-refractivity contribution >= 4 is 40.5 Å². The molecule has 1 fully saturated rings. The molecule has 1 saturated heterocycles. The smallest absolute Gasteiger partial charge is 0.224 e. The minimum atomic E-state index is 0.0204. The van der Waals surface area contributed by atoms with Crippen molar-refractivity contribution in [3.63, 3.8) is 0 Å². The Hall–Kier alpha value is -1.75. The summed E-state index contributed by atoms with van der Waals surface area (Å²) in [6.45, 7) is 8.64. The molecule has 1 aliphatic heterocycles. The number of amides is 1. The lowest BCUT2D eigenvalue weighted by atomic mass is 10.1. The average Bonchev–Trinajstić information content (AvgIpc) is 2.64. The number of nitrogens with one attached hydrogen (secondary N) is 1. The Bertz CT molecular complexity index is 817. The molecule has 1 N–H and O–H groups in total. The molecule has 1 aliphatic rings. The van der Waals surface area contributed by atoms with Gasteiger partial charge in [-0.05, 0) is 35.7 Å². The number of carbonyl (C=O) groups excluding carboxylic acids is 1. The highest BCUT2D eigenvalue weighted by Gasteiger charge is 2.20. The van der Waals surface area contributed by atoms with Gasteiger partial charge in [0, 0.05) is 49.9 Å². The standard InChI is InChI=1S/C22H27Cl2N3O/c1-16(2)13-22(28)25-18-7-8-21(20(24)14-18)27-11-9-26(10-12-27)15-17-5-3-4-6-19(17)23/h3-8,14,16H,9-13,15H2,1-2H3,(H,25,28). The fourth-order valence-corrected chi connectivity index (χ4v) is 3.93. The van der Waals surface area contributed by atoms with E-state index in [1.54, 1.807) is 0 Å². The van der Waals surface area contributed by atoms with E-state index in [1.807, 2.05) is 50.2 Å². The van der Waals surface area contributed by atoms with Gasteiger partial charge in [0.1, 0.15) is 0 Å². The molecule has 2 aromatic carbocycles. The predicted molar refractivity (Wildman–Crippen MR) is 118 cm³/mol. The van der Waals surface area contributed by atoms with Crippen LogP contribution >= 0.6 is 23.2 Å². The van der Waals surface area contributed by atoms with Gasteiger partial charge in [0.25, 0.3) is 0 Å². The van der Waals surface area contributed by atoms with E-state index < -0.39 is 0 Å². The number of nitrogens with zero attached hydrogens (tertiary/aromatic N) is 2. The lowest BCUT2D eigenvalue weighted by Crippen LogP contribution is -2.46. The van der Waals surface area contributed by atoms with Gasteiger partial charge in [0.2, 0.25) is 5.91 Å². The number of rotatable bonds is 6. The molecule has 0 radical (unpaired) electrons. The van der Waals surface area contributed by atoms with Gasteiger partial charge in [-0.15, -0.1) is 0 Å². The fraction of sp³-hybridized carbons (Fsp3) is 0.409. The first kappa shape index (κ1) is 21.0. The summed E-state index contributed by atoms with van der Waals surface area (Å²) < 4.78 is 0. The van der Waals surface area contributed by atoms with Crippen LogP contribution in [-0.2, 0) is 11.3 Å². The number of anilines is 2. The van der Waals surface area contributed by atoms with Gasteiger partial charge in [0.15, 0.2) is 0 Å². The van der Waals surface area contributed by atoms with E-state index in [2.05, 4.69) is 21.2 Å². The molecule has 0 spiro atoms. The summed E-state index contributed by atoms with van der Waals surface area (Å²) in [5.74, 6) is 0.351. The Labute approximate surface area is 177 Å². The van der Waals surface area contributed by atoms with Crippen LogP contribution in [0.3, 0.4) is 0 Å². The van der Waals surface area contributed by atoms with Crippen LogP contribution in [0.1, 0.15) is 25.8 Å². The Kier molecular flexibility index (Phi) is 7.22. The van der Waals surface area contributed by atoms with Crippen LogP contribution in [-0.4, -0.2) is 37.0 Å². The normalized spacial score (nSPS) is 15.1. The zero-order chi connectivity index (χ0) is 20.1. The largest absolute Gasteiger partial charge is 0.368 e. The van der Waals surface area contributed by atoms with E-state index in [1.165, 1.54) is 0 Å². The number of carbonyl (C=O) groups is 1. The molecule has 0 atom stereocenters. The maximum atomic E-state index is 12.0. The van der Waals surface area contributed by atoms with Gasteiger partial charge in [-0.25, -0.2) is 0 Å². The molecule has 1 amide bonds. The lowest BCUT2D eigenvalue weighted by Gasteiger charge is -2.36. The average molecular weight is 420 g/mol. The summed E-state index contributed by atoms with van der Waals surface area (Å²) in [7, 11) is 0. The van der Waals surface area contributed by atoms with Crippen LogP contribution < -0.4 is 10.2 Å². The molecular weight excluding hydrogens is 393 g/mol. The molecule has 28 heavy (non-hydrogen) atoms. The van der Waals surface area contributed by atoms with Crippen molar-refractivity contribution < 1.29 is 4.79 Å². The number of benzene rings is 2. The fourth-order valence-electron chi connectivity index (χ4n) is 3.44. The summed E-state index contributed by atoms with van der Waals surface area (Å²) >= 11 is 12.8. The molecule has 0 saturated carbocycles. The van der Waals surface area contributed by atoms with Crippen molar-refractivity contribution in [3.8, 4) is 0 Å². The van der Waals surface area contributed by atoms with Gasteiger partial charge >= 0.3 is 0 Å². The minimum Gasteiger partial charge on any atom is -0.368 e. The molecular formula is C22H27Cl2N3O. The third kappa shape index (κ3) is 5.63. The monoisotopic (exact) mass is 419 g/mol. The van der Waals surface area contributed by atoms with Crippen LogP contribution in [0.5, 0.6) is 0 Å². The number of piperazine rings is 1. The van der Waals surface area contributed by atoms with E-state index in [0.717, 1.165) is 54.7 Å². The summed E-state index contributed by atoms with van der Waals surface area (Å²) in [5.41, 5.74) is 2.93. The van der Waals surface area contributed by atoms with E-state index in [4.69, 9.17) is 23.2 Å². The Morgan fingerprint density at radius 1 is 1.04 bits per heavy atom. The summed E-state index contributed by atoms with van der Waals surface area (Å²) in [6.07, 6.45) is 0.507. The van der Waals surface area contributed by atoms with Crippen LogP contribution in [0.15, 0.2) is 42.5 Å². The molecule has 150 valence electrons. The first-order chi connectivity index (χ1) is 13.4. The summed E-state index contributed by atoms with van der Waals surface area (Å²) in [4.78, 5) is 16.7. The molecule has 2 aromatic rings. The van der Waals surface area contributed by atoms with Gasteiger partial charge in [-0.2, -0.15) is 0 Å². The highest BCUT2D eigenvalue weighted by molar-refractivity contribution is 6.33. The van der Waals surface area contributed by atoms with Crippen molar-refractivity contribution in [3.05, 3.63) is 58.1 Å². The second-order valence-electron chi connectivity index (χ2n) is 7.67. The second kappa shape index (κ2) is 9.64. The summed E-state index contributed by atoms with van der Waals surface area (Å²) in [5, 5.41) is 4.41. The SMILES string of the molecule is CC(C)CC(=O)Nc1ccc(N2CCN(Cc3ccccc3Cl)CC2)c(Cl)c1. The van der Waals surface area contributed by atoms with E-state index in [-0.39, 0.29) is 5.91 Å². The van der Waals surface area contributed by atoms with Crippen molar-refractivity contribution in [1.82, 2.24) is 4.90 Å². The minimum absolute atomic E-state index is 0.0204. The summed E-state index contributed by atoms with van der Waals surface area (Å²) in [6, 6.07) is 13.8. The molecule has 0 bridgehead atoms. The molecule has 1 heterocycles. The van der Waals surface area contributed by atoms with Crippen LogP contribution in [0.25, 0.3) is 0 Å². The van der Waals surface area contributed by atoms with E-state index in [0.29, 0.717) is 17.4 Å².